The maximum absolute atomic E-state index is 10.3. The first-order valence-electron chi connectivity index (χ1n) is 5.80. The van der Waals surface area contributed by atoms with Crippen molar-refractivity contribution in [2.24, 2.45) is 0 Å². The summed E-state index contributed by atoms with van der Waals surface area (Å²) in [7, 11) is 1.63. The van der Waals surface area contributed by atoms with Crippen molar-refractivity contribution in [2.45, 2.75) is 46.1 Å². The third-order valence-corrected chi connectivity index (χ3v) is 3.34. The Morgan fingerprint density at radius 3 is 2.24 bits per heavy atom. The largest absolute Gasteiger partial charge is 0.496 e. The smallest absolute Gasteiger partial charge is 0.128 e. The predicted octanol–water partition coefficient (Wildman–Crippen LogP) is 4.01. The van der Waals surface area contributed by atoms with E-state index in [1.807, 2.05) is 13.0 Å². The second kappa shape index (κ2) is 4.87. The van der Waals surface area contributed by atoms with Gasteiger partial charge in [0.1, 0.15) is 5.75 Å². The lowest BCUT2D eigenvalue weighted by atomic mass is 9.88. The highest BCUT2D eigenvalue weighted by Gasteiger charge is 2.27. The minimum Gasteiger partial charge on any atom is -0.496 e. The minimum absolute atomic E-state index is 0.296. The number of hydrogen-bond donors (Lipinski definition) is 1. The second-order valence-corrected chi connectivity index (χ2v) is 5.60. The van der Waals surface area contributed by atoms with Crippen LogP contribution in [-0.2, 0) is 5.60 Å². The van der Waals surface area contributed by atoms with E-state index >= 15 is 0 Å². The second-order valence-electron chi connectivity index (χ2n) is 5.19. The molecule has 1 aromatic carbocycles. The summed E-state index contributed by atoms with van der Waals surface area (Å²) < 4.78 is 5.48. The molecule has 0 saturated heterocycles. The Morgan fingerprint density at radius 1 is 1.35 bits per heavy atom. The first-order chi connectivity index (χ1) is 7.70. The molecular weight excluding hydrogens is 236 g/mol. The van der Waals surface area contributed by atoms with E-state index in [4.69, 9.17) is 16.3 Å². The summed E-state index contributed by atoms with van der Waals surface area (Å²) >= 11 is 6.23. The van der Waals surface area contributed by atoms with Crippen LogP contribution in [0.4, 0.5) is 0 Å². The monoisotopic (exact) mass is 256 g/mol. The molecule has 0 aliphatic rings. The van der Waals surface area contributed by atoms with Crippen molar-refractivity contribution < 1.29 is 9.84 Å². The fourth-order valence-electron chi connectivity index (χ4n) is 2.13. The lowest BCUT2D eigenvalue weighted by molar-refractivity contribution is 0.0747. The van der Waals surface area contributed by atoms with Crippen LogP contribution in [0.3, 0.4) is 0 Å². The molecule has 2 nitrogen and oxygen atoms in total. The molecule has 0 amide bonds. The first kappa shape index (κ1) is 14.3. The zero-order valence-corrected chi connectivity index (χ0v) is 12.1. The van der Waals surface area contributed by atoms with E-state index < -0.39 is 5.60 Å². The Bertz CT molecular complexity index is 417. The van der Waals surface area contributed by atoms with Crippen LogP contribution in [0.5, 0.6) is 5.75 Å². The molecule has 3 heteroatoms. The molecule has 0 fully saturated rings. The molecule has 1 rings (SSSR count). The van der Waals surface area contributed by atoms with Gasteiger partial charge in [-0.1, -0.05) is 25.4 Å². The highest BCUT2D eigenvalue weighted by atomic mass is 35.5. The summed E-state index contributed by atoms with van der Waals surface area (Å²) in [6, 6.07) is 1.93. The van der Waals surface area contributed by atoms with Gasteiger partial charge in [-0.2, -0.15) is 0 Å². The Kier molecular flexibility index (Phi) is 4.11. The van der Waals surface area contributed by atoms with Gasteiger partial charge in [-0.25, -0.2) is 0 Å². The van der Waals surface area contributed by atoms with Crippen LogP contribution < -0.4 is 4.74 Å². The van der Waals surface area contributed by atoms with Gasteiger partial charge in [0.2, 0.25) is 0 Å². The number of hydrogen-bond acceptors (Lipinski definition) is 2. The van der Waals surface area contributed by atoms with E-state index in [1.165, 1.54) is 0 Å². The molecule has 1 aromatic rings. The number of aliphatic hydroxyl groups is 1. The normalized spacial score (nSPS) is 12.1. The highest BCUT2D eigenvalue weighted by Crippen LogP contribution is 2.41. The van der Waals surface area contributed by atoms with Gasteiger partial charge in [0.15, 0.2) is 0 Å². The Balaban J connectivity index is 3.66. The van der Waals surface area contributed by atoms with Crippen molar-refractivity contribution >= 4 is 11.6 Å². The lowest BCUT2D eigenvalue weighted by Gasteiger charge is -2.27. The average molecular weight is 257 g/mol. The summed E-state index contributed by atoms with van der Waals surface area (Å²) in [5.74, 6) is 1.04. The Labute approximate surface area is 109 Å². The number of ether oxygens (including phenoxy) is 1. The van der Waals surface area contributed by atoms with E-state index in [2.05, 4.69) is 13.8 Å². The van der Waals surface area contributed by atoms with Crippen LogP contribution in [0, 0.1) is 6.92 Å². The topological polar surface area (TPSA) is 29.5 Å². The first-order valence-corrected chi connectivity index (χ1v) is 6.17. The van der Waals surface area contributed by atoms with Crippen molar-refractivity contribution in [1.29, 1.82) is 0 Å². The van der Waals surface area contributed by atoms with Crippen LogP contribution in [0.2, 0.25) is 5.02 Å². The van der Waals surface area contributed by atoms with Crippen molar-refractivity contribution in [1.82, 2.24) is 0 Å². The van der Waals surface area contributed by atoms with Crippen LogP contribution in [-0.4, -0.2) is 12.2 Å². The standard InChI is InChI=1S/C14H21ClO2/c1-8(2)10-7-11(15)9(3)12(13(10)17-6)14(4,5)16/h7-8,16H,1-6H3. The molecule has 0 saturated carbocycles. The molecule has 0 aromatic heterocycles. The molecule has 0 spiro atoms. The quantitative estimate of drug-likeness (QED) is 0.886. The van der Waals surface area contributed by atoms with E-state index in [0.717, 1.165) is 22.4 Å². The molecule has 0 atom stereocenters. The SMILES string of the molecule is COc1c(C(C)C)cc(Cl)c(C)c1C(C)(C)O. The third kappa shape index (κ3) is 2.75. The summed E-state index contributed by atoms with van der Waals surface area (Å²) in [6.45, 7) is 9.56. The Morgan fingerprint density at radius 2 is 1.88 bits per heavy atom. The van der Waals surface area contributed by atoms with Crippen LogP contribution in [0.15, 0.2) is 6.07 Å². The van der Waals surface area contributed by atoms with Gasteiger partial charge in [-0.15, -0.1) is 0 Å². The van der Waals surface area contributed by atoms with E-state index in [1.54, 1.807) is 21.0 Å². The van der Waals surface area contributed by atoms with Gasteiger partial charge in [-0.05, 0) is 43.9 Å². The summed E-state index contributed by atoms with van der Waals surface area (Å²) in [5.41, 5.74) is 1.71. The van der Waals surface area contributed by atoms with Gasteiger partial charge < -0.3 is 9.84 Å². The molecule has 0 unspecified atom stereocenters. The van der Waals surface area contributed by atoms with Gasteiger partial charge in [0, 0.05) is 10.6 Å². The van der Waals surface area contributed by atoms with Crippen molar-refractivity contribution in [3.05, 3.63) is 27.8 Å². The maximum Gasteiger partial charge on any atom is 0.128 e. The van der Waals surface area contributed by atoms with E-state index in [0.29, 0.717) is 10.9 Å². The highest BCUT2D eigenvalue weighted by molar-refractivity contribution is 6.31. The number of methoxy groups -OCH3 is 1. The van der Waals surface area contributed by atoms with Gasteiger partial charge in [0.05, 0.1) is 12.7 Å². The van der Waals surface area contributed by atoms with Crippen molar-refractivity contribution in [2.75, 3.05) is 7.11 Å². The minimum atomic E-state index is -0.968. The van der Waals surface area contributed by atoms with Crippen molar-refractivity contribution in [3.8, 4) is 5.75 Å². The fraction of sp³-hybridized carbons (Fsp3) is 0.571. The number of halogens is 1. The molecule has 1 N–H and O–H groups in total. The molecule has 17 heavy (non-hydrogen) atoms. The van der Waals surface area contributed by atoms with Gasteiger partial charge in [0.25, 0.3) is 0 Å². The molecule has 0 aliphatic carbocycles. The summed E-state index contributed by atoms with van der Waals surface area (Å²) in [5, 5.41) is 10.9. The van der Waals surface area contributed by atoms with Gasteiger partial charge in [-0.3, -0.25) is 0 Å². The average Bonchev–Trinajstić information content (AvgIpc) is 2.18. The number of rotatable bonds is 3. The predicted molar refractivity (Wildman–Crippen MR) is 72.1 cm³/mol. The van der Waals surface area contributed by atoms with Crippen molar-refractivity contribution in [3.63, 3.8) is 0 Å². The summed E-state index contributed by atoms with van der Waals surface area (Å²) in [4.78, 5) is 0. The van der Waals surface area contributed by atoms with Crippen LogP contribution >= 0.6 is 11.6 Å². The molecular formula is C14H21ClO2. The third-order valence-electron chi connectivity index (χ3n) is 2.94. The van der Waals surface area contributed by atoms with E-state index in [9.17, 15) is 5.11 Å². The molecule has 0 aliphatic heterocycles. The molecule has 0 heterocycles. The van der Waals surface area contributed by atoms with Crippen LogP contribution in [0.25, 0.3) is 0 Å². The lowest BCUT2D eigenvalue weighted by Crippen LogP contribution is -2.20. The summed E-state index contributed by atoms with van der Waals surface area (Å²) in [6.07, 6.45) is 0. The molecule has 0 radical (unpaired) electrons. The zero-order valence-electron chi connectivity index (χ0n) is 11.4. The maximum atomic E-state index is 10.3. The molecule has 0 bridgehead atoms. The Hall–Kier alpha value is -0.730. The fourth-order valence-corrected chi connectivity index (χ4v) is 2.34. The zero-order chi connectivity index (χ0) is 13.4. The van der Waals surface area contributed by atoms with Gasteiger partial charge >= 0.3 is 0 Å². The van der Waals surface area contributed by atoms with E-state index in [-0.39, 0.29) is 0 Å². The molecule has 96 valence electrons. The number of benzene rings is 1. The van der Waals surface area contributed by atoms with Crippen LogP contribution in [0.1, 0.15) is 50.3 Å².